The topological polar surface area (TPSA) is 17.1 Å². The Kier molecular flexibility index (Phi) is 2.03. The normalized spacial score (nSPS) is 33.1. The fourth-order valence-electron chi connectivity index (χ4n) is 2.24. The van der Waals surface area contributed by atoms with E-state index in [1.165, 1.54) is 6.29 Å². The summed E-state index contributed by atoms with van der Waals surface area (Å²) in [5.41, 5.74) is 0.340. The quantitative estimate of drug-likeness (QED) is 0.487. The summed E-state index contributed by atoms with van der Waals surface area (Å²) in [5.74, 6) is 0. The summed E-state index contributed by atoms with van der Waals surface area (Å²) < 4.78 is 0. The minimum atomic E-state index is -1.07. The summed E-state index contributed by atoms with van der Waals surface area (Å²) in [6, 6.07) is 1.16. The van der Waals surface area contributed by atoms with Gasteiger partial charge in [-0.1, -0.05) is 33.5 Å². The highest BCUT2D eigenvalue weighted by molar-refractivity contribution is 6.76. The predicted octanol–water partition coefficient (Wildman–Crippen LogP) is 2.94. The molecule has 1 rings (SSSR count). The molecule has 0 bridgehead atoms. The van der Waals surface area contributed by atoms with Gasteiger partial charge in [-0.2, -0.15) is 0 Å². The highest BCUT2D eigenvalue weighted by Crippen LogP contribution is 2.65. The lowest BCUT2D eigenvalue weighted by molar-refractivity contribution is -0.112. The van der Waals surface area contributed by atoms with E-state index in [0.29, 0.717) is 0 Å². The van der Waals surface area contributed by atoms with E-state index < -0.39 is 8.07 Å². The summed E-state index contributed by atoms with van der Waals surface area (Å²) in [6.45, 7) is 11.4. The molecule has 0 aliphatic heterocycles. The van der Waals surface area contributed by atoms with E-state index in [0.717, 1.165) is 12.5 Å². The fraction of sp³-hybridized carbons (Fsp3) is 0.900. The van der Waals surface area contributed by atoms with Crippen LogP contribution in [0.1, 0.15) is 20.3 Å². The first-order valence-corrected chi connectivity index (χ1v) is 8.40. The molecule has 0 aromatic rings. The maximum atomic E-state index is 11.0. The first kappa shape index (κ1) is 9.97. The molecule has 70 valence electrons. The third-order valence-corrected chi connectivity index (χ3v) is 4.74. The van der Waals surface area contributed by atoms with Crippen LogP contribution in [0.15, 0.2) is 0 Å². The molecule has 0 spiro atoms. The van der Waals surface area contributed by atoms with Crippen LogP contribution in [0.4, 0.5) is 0 Å². The third kappa shape index (κ3) is 1.63. The second kappa shape index (κ2) is 2.44. The van der Waals surface area contributed by atoms with Gasteiger partial charge in [0.15, 0.2) is 0 Å². The first-order valence-electron chi connectivity index (χ1n) is 4.69. The Morgan fingerprint density at radius 2 is 1.75 bits per heavy atom. The van der Waals surface area contributed by atoms with Crippen molar-refractivity contribution < 1.29 is 4.79 Å². The van der Waals surface area contributed by atoms with E-state index >= 15 is 0 Å². The van der Waals surface area contributed by atoms with Gasteiger partial charge >= 0.3 is 0 Å². The molecule has 1 unspecified atom stereocenters. The Morgan fingerprint density at radius 3 is 1.83 bits per heavy atom. The molecule has 0 aromatic heterocycles. The van der Waals surface area contributed by atoms with Crippen molar-refractivity contribution in [1.29, 1.82) is 0 Å². The number of rotatable bonds is 3. The average molecular weight is 184 g/mol. The van der Waals surface area contributed by atoms with Crippen LogP contribution in [-0.2, 0) is 4.79 Å². The molecule has 1 atom stereocenters. The molecule has 0 amide bonds. The molecule has 0 saturated heterocycles. The van der Waals surface area contributed by atoms with E-state index in [-0.39, 0.29) is 10.8 Å². The van der Waals surface area contributed by atoms with Gasteiger partial charge in [-0.05, 0) is 17.9 Å². The van der Waals surface area contributed by atoms with Gasteiger partial charge in [0.25, 0.3) is 0 Å². The molecule has 1 fully saturated rings. The van der Waals surface area contributed by atoms with Gasteiger partial charge in [0.05, 0.1) is 0 Å². The lowest BCUT2D eigenvalue weighted by atomic mass is 10.00. The van der Waals surface area contributed by atoms with Gasteiger partial charge in [0.1, 0.15) is 6.29 Å². The molecule has 1 nitrogen and oxygen atoms in total. The van der Waals surface area contributed by atoms with Crippen LogP contribution in [0.3, 0.4) is 0 Å². The van der Waals surface area contributed by atoms with Gasteiger partial charge in [-0.25, -0.2) is 0 Å². The summed E-state index contributed by atoms with van der Waals surface area (Å²) in [4.78, 5) is 11.0. The van der Waals surface area contributed by atoms with E-state index in [2.05, 4.69) is 33.5 Å². The zero-order valence-corrected chi connectivity index (χ0v) is 9.90. The van der Waals surface area contributed by atoms with Gasteiger partial charge in [0.2, 0.25) is 0 Å². The van der Waals surface area contributed by atoms with E-state index in [1.54, 1.807) is 0 Å². The van der Waals surface area contributed by atoms with E-state index in [9.17, 15) is 4.79 Å². The molecule has 2 heteroatoms. The van der Waals surface area contributed by atoms with Crippen molar-refractivity contribution in [3.05, 3.63) is 0 Å². The number of carbonyl (C=O) groups excluding carboxylic acids is 1. The van der Waals surface area contributed by atoms with Crippen LogP contribution >= 0.6 is 0 Å². The molecule has 12 heavy (non-hydrogen) atoms. The van der Waals surface area contributed by atoms with Crippen molar-refractivity contribution in [3.63, 3.8) is 0 Å². The molecule has 0 radical (unpaired) electrons. The van der Waals surface area contributed by atoms with Gasteiger partial charge in [-0.15, -0.1) is 0 Å². The maximum Gasteiger partial charge on any atom is 0.126 e. The average Bonchev–Trinajstić information content (AvgIpc) is 2.30. The van der Waals surface area contributed by atoms with Crippen LogP contribution in [0.2, 0.25) is 25.7 Å². The van der Waals surface area contributed by atoms with Gasteiger partial charge in [-0.3, -0.25) is 0 Å². The standard InChI is InChI=1S/C10H20OSi/c1-9(2)6-10(9,7-11)8-12(3,4)5/h7H,6,8H2,1-5H3. The largest absolute Gasteiger partial charge is 0.303 e. The second-order valence-corrected chi connectivity index (χ2v) is 11.5. The monoisotopic (exact) mass is 184 g/mol. The maximum absolute atomic E-state index is 11.0. The summed E-state index contributed by atoms with van der Waals surface area (Å²) in [5, 5.41) is 0. The van der Waals surface area contributed by atoms with Crippen molar-refractivity contribution in [2.75, 3.05) is 0 Å². The predicted molar refractivity (Wildman–Crippen MR) is 55.0 cm³/mol. The molecule has 0 heterocycles. The molecular formula is C10H20OSi. The zero-order valence-electron chi connectivity index (χ0n) is 8.90. The summed E-state index contributed by atoms with van der Waals surface area (Å²) in [7, 11) is -1.07. The van der Waals surface area contributed by atoms with Crippen LogP contribution in [0.25, 0.3) is 0 Å². The summed E-state index contributed by atoms with van der Waals surface area (Å²) >= 11 is 0. The smallest absolute Gasteiger partial charge is 0.126 e. The van der Waals surface area contributed by atoms with E-state index in [4.69, 9.17) is 0 Å². The van der Waals surface area contributed by atoms with Gasteiger partial charge in [0, 0.05) is 13.5 Å². The Morgan fingerprint density at radius 1 is 1.33 bits per heavy atom. The number of hydrogen-bond donors (Lipinski definition) is 0. The first-order chi connectivity index (χ1) is 5.22. The number of aldehydes is 1. The van der Waals surface area contributed by atoms with Crippen LogP contribution in [-0.4, -0.2) is 14.4 Å². The minimum absolute atomic E-state index is 0.0530. The Labute approximate surface area is 76.6 Å². The van der Waals surface area contributed by atoms with Crippen LogP contribution in [0.5, 0.6) is 0 Å². The van der Waals surface area contributed by atoms with Crippen molar-refractivity contribution in [3.8, 4) is 0 Å². The highest BCUT2D eigenvalue weighted by atomic mass is 28.3. The van der Waals surface area contributed by atoms with Crippen molar-refractivity contribution in [2.24, 2.45) is 10.8 Å². The lowest BCUT2D eigenvalue weighted by Gasteiger charge is -2.22. The third-order valence-electron chi connectivity index (χ3n) is 3.05. The fourth-order valence-corrected chi connectivity index (χ4v) is 4.82. The molecule has 1 aliphatic carbocycles. The van der Waals surface area contributed by atoms with Crippen LogP contribution < -0.4 is 0 Å². The van der Waals surface area contributed by atoms with Crippen molar-refractivity contribution >= 4 is 14.4 Å². The zero-order chi connectivity index (χ0) is 9.62. The lowest BCUT2D eigenvalue weighted by Crippen LogP contribution is -2.27. The van der Waals surface area contributed by atoms with Gasteiger partial charge < -0.3 is 4.79 Å². The number of carbonyl (C=O) groups is 1. The SMILES string of the molecule is CC1(C)CC1(C=O)C[Si](C)(C)C. The molecule has 1 saturated carbocycles. The molecule has 0 N–H and O–H groups in total. The molecular weight excluding hydrogens is 164 g/mol. The van der Waals surface area contributed by atoms with Crippen molar-refractivity contribution in [2.45, 2.75) is 46.0 Å². The molecule has 1 aliphatic rings. The Balaban J connectivity index is 2.69. The van der Waals surface area contributed by atoms with Crippen molar-refractivity contribution in [1.82, 2.24) is 0 Å². The summed E-state index contributed by atoms with van der Waals surface area (Å²) in [6.07, 6.45) is 2.32. The molecule has 0 aromatic carbocycles. The minimum Gasteiger partial charge on any atom is -0.303 e. The van der Waals surface area contributed by atoms with Crippen LogP contribution in [0, 0.1) is 10.8 Å². The highest BCUT2D eigenvalue weighted by Gasteiger charge is 2.61. The van der Waals surface area contributed by atoms with E-state index in [1.807, 2.05) is 0 Å². The Bertz CT molecular complexity index is 202. The Hall–Kier alpha value is -0.113. The number of hydrogen-bond acceptors (Lipinski definition) is 1. The second-order valence-electron chi connectivity index (χ2n) is 6.07.